The van der Waals surface area contributed by atoms with Crippen LogP contribution in [0.3, 0.4) is 0 Å². The summed E-state index contributed by atoms with van der Waals surface area (Å²) in [5.74, 6) is 1.65. The van der Waals surface area contributed by atoms with Gasteiger partial charge in [0.05, 0.1) is 0 Å². The number of hydrogen-bond acceptors (Lipinski definition) is 2. The van der Waals surface area contributed by atoms with Crippen LogP contribution in [0.5, 0.6) is 0 Å². The minimum absolute atomic E-state index is 0.689. The van der Waals surface area contributed by atoms with Crippen molar-refractivity contribution in [1.29, 1.82) is 0 Å². The first kappa shape index (κ1) is 11.0. The molecule has 0 saturated carbocycles. The standard InChI is InChI=1S/C11H24N2/c1-9(2)6-10(3)8-13-5-4-11(13)7-12/h9-11H,4-8,12H2,1-3H3. The van der Waals surface area contributed by atoms with Crippen LogP contribution < -0.4 is 5.73 Å². The molecule has 0 spiro atoms. The van der Waals surface area contributed by atoms with Crippen LogP contribution in [0, 0.1) is 11.8 Å². The molecule has 1 saturated heterocycles. The van der Waals surface area contributed by atoms with Gasteiger partial charge in [-0.25, -0.2) is 0 Å². The first-order chi connectivity index (χ1) is 6.13. The van der Waals surface area contributed by atoms with Crippen LogP contribution in [0.25, 0.3) is 0 Å². The maximum absolute atomic E-state index is 5.66. The molecule has 0 amide bonds. The lowest BCUT2D eigenvalue weighted by molar-refractivity contribution is 0.0758. The zero-order valence-electron chi connectivity index (χ0n) is 9.29. The number of rotatable bonds is 5. The average Bonchev–Trinajstić information content (AvgIpc) is 1.98. The number of likely N-dealkylation sites (tertiary alicyclic amines) is 1. The Morgan fingerprint density at radius 3 is 2.46 bits per heavy atom. The van der Waals surface area contributed by atoms with Crippen LogP contribution in [-0.2, 0) is 0 Å². The lowest BCUT2D eigenvalue weighted by atomic mass is 9.95. The van der Waals surface area contributed by atoms with Crippen molar-refractivity contribution in [3.63, 3.8) is 0 Å². The molecule has 0 aromatic carbocycles. The lowest BCUT2D eigenvalue weighted by Gasteiger charge is -2.42. The SMILES string of the molecule is CC(C)CC(C)CN1CCC1CN. The predicted octanol–water partition coefficient (Wildman–Crippen LogP) is 1.70. The summed E-state index contributed by atoms with van der Waals surface area (Å²) in [6.45, 7) is 10.3. The van der Waals surface area contributed by atoms with E-state index in [0.717, 1.165) is 18.4 Å². The molecule has 2 nitrogen and oxygen atoms in total. The van der Waals surface area contributed by atoms with Crippen LogP contribution in [-0.4, -0.2) is 30.6 Å². The Morgan fingerprint density at radius 1 is 1.38 bits per heavy atom. The average molecular weight is 184 g/mol. The summed E-state index contributed by atoms with van der Waals surface area (Å²) < 4.78 is 0. The molecule has 0 aromatic rings. The summed E-state index contributed by atoms with van der Waals surface area (Å²) in [5.41, 5.74) is 5.66. The third kappa shape index (κ3) is 3.28. The van der Waals surface area contributed by atoms with Gasteiger partial charge in [0.1, 0.15) is 0 Å². The molecule has 1 rings (SSSR count). The third-order valence-corrected chi connectivity index (χ3v) is 2.96. The number of nitrogens with zero attached hydrogens (tertiary/aromatic N) is 1. The Bertz CT molecular complexity index is 143. The topological polar surface area (TPSA) is 29.3 Å². The molecule has 13 heavy (non-hydrogen) atoms. The second-order valence-corrected chi connectivity index (χ2v) is 4.91. The molecule has 0 aromatic heterocycles. The Labute approximate surface area is 82.5 Å². The van der Waals surface area contributed by atoms with E-state index >= 15 is 0 Å². The highest BCUT2D eigenvalue weighted by Gasteiger charge is 2.27. The molecular formula is C11H24N2. The second kappa shape index (κ2) is 4.97. The molecule has 0 radical (unpaired) electrons. The number of hydrogen-bond donors (Lipinski definition) is 1. The van der Waals surface area contributed by atoms with Crippen LogP contribution in [0.1, 0.15) is 33.6 Å². The van der Waals surface area contributed by atoms with E-state index in [1.54, 1.807) is 0 Å². The van der Waals surface area contributed by atoms with E-state index in [9.17, 15) is 0 Å². The smallest absolute Gasteiger partial charge is 0.0230 e. The first-order valence-corrected chi connectivity index (χ1v) is 5.57. The summed E-state index contributed by atoms with van der Waals surface area (Å²) in [5, 5.41) is 0. The van der Waals surface area contributed by atoms with Crippen LogP contribution >= 0.6 is 0 Å². The number of nitrogens with two attached hydrogens (primary N) is 1. The van der Waals surface area contributed by atoms with Gasteiger partial charge in [0.2, 0.25) is 0 Å². The molecule has 2 atom stereocenters. The summed E-state index contributed by atoms with van der Waals surface area (Å²) in [7, 11) is 0. The van der Waals surface area contributed by atoms with Crippen molar-refractivity contribution < 1.29 is 0 Å². The fourth-order valence-electron chi connectivity index (χ4n) is 2.28. The van der Waals surface area contributed by atoms with Crippen molar-refractivity contribution in [3.8, 4) is 0 Å². The van der Waals surface area contributed by atoms with Crippen LogP contribution in [0.15, 0.2) is 0 Å². The highest BCUT2D eigenvalue weighted by Crippen LogP contribution is 2.20. The molecule has 2 heteroatoms. The van der Waals surface area contributed by atoms with Crippen molar-refractivity contribution in [2.45, 2.75) is 39.7 Å². The van der Waals surface area contributed by atoms with Crippen LogP contribution in [0.4, 0.5) is 0 Å². The molecule has 0 bridgehead atoms. The highest BCUT2D eigenvalue weighted by molar-refractivity contribution is 4.84. The van der Waals surface area contributed by atoms with Crippen molar-refractivity contribution >= 4 is 0 Å². The van der Waals surface area contributed by atoms with Gasteiger partial charge in [0.15, 0.2) is 0 Å². The largest absolute Gasteiger partial charge is 0.329 e. The van der Waals surface area contributed by atoms with Gasteiger partial charge in [-0.3, -0.25) is 4.90 Å². The zero-order valence-corrected chi connectivity index (χ0v) is 9.29. The molecule has 78 valence electrons. The summed E-state index contributed by atoms with van der Waals surface area (Å²) in [4.78, 5) is 2.53. The van der Waals surface area contributed by atoms with E-state index in [1.165, 1.54) is 25.9 Å². The molecule has 2 N–H and O–H groups in total. The van der Waals surface area contributed by atoms with E-state index in [2.05, 4.69) is 25.7 Å². The van der Waals surface area contributed by atoms with E-state index in [4.69, 9.17) is 5.73 Å². The minimum Gasteiger partial charge on any atom is -0.329 e. The highest BCUT2D eigenvalue weighted by atomic mass is 15.2. The normalized spacial score (nSPS) is 26.1. The molecule has 1 heterocycles. The summed E-state index contributed by atoms with van der Waals surface area (Å²) >= 11 is 0. The Hall–Kier alpha value is -0.0800. The predicted molar refractivity (Wildman–Crippen MR) is 57.7 cm³/mol. The second-order valence-electron chi connectivity index (χ2n) is 4.91. The lowest BCUT2D eigenvalue weighted by Crippen LogP contribution is -2.53. The van der Waals surface area contributed by atoms with Crippen molar-refractivity contribution in [2.75, 3.05) is 19.6 Å². The van der Waals surface area contributed by atoms with Crippen molar-refractivity contribution in [3.05, 3.63) is 0 Å². The van der Waals surface area contributed by atoms with Gasteiger partial charge in [-0.1, -0.05) is 20.8 Å². The maximum Gasteiger partial charge on any atom is 0.0230 e. The summed E-state index contributed by atoms with van der Waals surface area (Å²) in [6.07, 6.45) is 2.65. The molecule has 1 aliphatic heterocycles. The fourth-order valence-corrected chi connectivity index (χ4v) is 2.28. The Kier molecular flexibility index (Phi) is 4.20. The summed E-state index contributed by atoms with van der Waals surface area (Å²) in [6, 6.07) is 0.689. The van der Waals surface area contributed by atoms with Gasteiger partial charge in [0.25, 0.3) is 0 Å². The molecule has 2 unspecified atom stereocenters. The van der Waals surface area contributed by atoms with Gasteiger partial charge < -0.3 is 5.73 Å². The maximum atomic E-state index is 5.66. The van der Waals surface area contributed by atoms with Gasteiger partial charge in [-0.2, -0.15) is 0 Å². The van der Waals surface area contributed by atoms with E-state index in [0.29, 0.717) is 6.04 Å². The van der Waals surface area contributed by atoms with Crippen molar-refractivity contribution in [2.24, 2.45) is 17.6 Å². The molecule has 1 aliphatic rings. The van der Waals surface area contributed by atoms with Crippen molar-refractivity contribution in [1.82, 2.24) is 4.90 Å². The Balaban J connectivity index is 2.16. The molecule has 0 aliphatic carbocycles. The van der Waals surface area contributed by atoms with E-state index in [-0.39, 0.29) is 0 Å². The zero-order chi connectivity index (χ0) is 9.84. The van der Waals surface area contributed by atoms with Gasteiger partial charge >= 0.3 is 0 Å². The van der Waals surface area contributed by atoms with E-state index in [1.807, 2.05) is 0 Å². The minimum atomic E-state index is 0.689. The fraction of sp³-hybridized carbons (Fsp3) is 1.00. The quantitative estimate of drug-likeness (QED) is 0.704. The van der Waals surface area contributed by atoms with Gasteiger partial charge in [-0.15, -0.1) is 0 Å². The Morgan fingerprint density at radius 2 is 2.08 bits per heavy atom. The molecular weight excluding hydrogens is 160 g/mol. The van der Waals surface area contributed by atoms with Gasteiger partial charge in [0, 0.05) is 25.7 Å². The first-order valence-electron chi connectivity index (χ1n) is 5.57. The third-order valence-electron chi connectivity index (χ3n) is 2.96. The van der Waals surface area contributed by atoms with Gasteiger partial charge in [-0.05, 0) is 24.7 Å². The molecule has 1 fully saturated rings. The van der Waals surface area contributed by atoms with Crippen LogP contribution in [0.2, 0.25) is 0 Å². The monoisotopic (exact) mass is 184 g/mol. The van der Waals surface area contributed by atoms with E-state index < -0.39 is 0 Å².